The molecule has 0 fully saturated rings. The molecule has 1 aromatic rings. The fourth-order valence-electron chi connectivity index (χ4n) is 2.09. The van der Waals surface area contributed by atoms with E-state index in [-0.39, 0.29) is 0 Å². The number of benzene rings is 1. The standard InChI is InChI=1S/C17H24F3NOS/c1-11(2)13-8-14(10-15(9-13)17(18,19)20)12(3)21(7)23(22)16(4,5)6/h8-10,12H,1H2,2-7H3/t12-,23?/m1/s1. The SMILES string of the molecule is C=C(C)c1cc([C@@H](C)N(C)[S+]([O-])C(C)(C)C)cc(C(F)(F)F)c1. The molecule has 0 aliphatic rings. The minimum absolute atomic E-state index is 0.421. The van der Waals surface area contributed by atoms with Gasteiger partial charge in [-0.25, -0.2) is 0 Å². The number of nitrogens with zero attached hydrogens (tertiary/aromatic N) is 1. The molecular formula is C17H24F3NOS. The van der Waals surface area contributed by atoms with Crippen molar-refractivity contribution in [3.63, 3.8) is 0 Å². The van der Waals surface area contributed by atoms with Crippen molar-refractivity contribution in [3.05, 3.63) is 41.5 Å². The average molecular weight is 347 g/mol. The van der Waals surface area contributed by atoms with Gasteiger partial charge in [-0.2, -0.15) is 13.2 Å². The van der Waals surface area contributed by atoms with Gasteiger partial charge in [0, 0.05) is 18.4 Å². The van der Waals surface area contributed by atoms with Crippen LogP contribution in [-0.2, 0) is 17.5 Å². The quantitative estimate of drug-likeness (QED) is 0.700. The fraction of sp³-hybridized carbons (Fsp3) is 0.529. The van der Waals surface area contributed by atoms with E-state index >= 15 is 0 Å². The zero-order valence-corrected chi connectivity index (χ0v) is 15.2. The minimum atomic E-state index is -4.43. The van der Waals surface area contributed by atoms with Gasteiger partial charge in [0.1, 0.15) is 4.75 Å². The van der Waals surface area contributed by atoms with E-state index in [0.717, 1.165) is 12.1 Å². The third-order valence-corrected chi connectivity index (χ3v) is 5.48. The third-order valence-electron chi connectivity index (χ3n) is 3.59. The summed E-state index contributed by atoms with van der Waals surface area (Å²) in [7, 11) is 1.66. The normalized spacial score (nSPS) is 15.6. The van der Waals surface area contributed by atoms with Crippen molar-refractivity contribution in [2.45, 2.75) is 51.6 Å². The molecule has 0 bridgehead atoms. The highest BCUT2D eigenvalue weighted by Crippen LogP contribution is 2.35. The second kappa shape index (κ2) is 6.87. The average Bonchev–Trinajstić information content (AvgIpc) is 2.42. The molecule has 23 heavy (non-hydrogen) atoms. The number of allylic oxidation sites excluding steroid dienone is 1. The Labute approximate surface area is 139 Å². The van der Waals surface area contributed by atoms with Crippen LogP contribution in [-0.4, -0.2) is 20.7 Å². The van der Waals surface area contributed by atoms with Gasteiger partial charge in [0.05, 0.1) is 11.6 Å². The first kappa shape index (κ1) is 20.1. The summed E-state index contributed by atoms with van der Waals surface area (Å²) in [4.78, 5) is 0. The van der Waals surface area contributed by atoms with E-state index in [4.69, 9.17) is 0 Å². The lowest BCUT2D eigenvalue weighted by Crippen LogP contribution is -2.41. The summed E-state index contributed by atoms with van der Waals surface area (Å²) in [6, 6.07) is 3.47. The molecule has 0 aliphatic carbocycles. The van der Waals surface area contributed by atoms with Crippen molar-refractivity contribution in [1.29, 1.82) is 0 Å². The van der Waals surface area contributed by atoms with E-state index in [1.807, 2.05) is 20.8 Å². The lowest BCUT2D eigenvalue weighted by atomic mass is 9.98. The van der Waals surface area contributed by atoms with Crippen LogP contribution < -0.4 is 0 Å². The van der Waals surface area contributed by atoms with E-state index < -0.39 is 33.9 Å². The van der Waals surface area contributed by atoms with E-state index in [9.17, 15) is 17.7 Å². The second-order valence-electron chi connectivity index (χ2n) is 6.71. The number of hydrogen-bond donors (Lipinski definition) is 0. The largest absolute Gasteiger partial charge is 0.597 e. The monoisotopic (exact) mass is 347 g/mol. The molecule has 0 spiro atoms. The molecule has 2 nitrogen and oxygen atoms in total. The van der Waals surface area contributed by atoms with Crippen LogP contribution in [0.1, 0.15) is 57.4 Å². The van der Waals surface area contributed by atoms with Crippen LogP contribution in [0.5, 0.6) is 0 Å². The smallest absolute Gasteiger partial charge is 0.416 e. The van der Waals surface area contributed by atoms with Crippen molar-refractivity contribution < 1.29 is 17.7 Å². The summed E-state index contributed by atoms with van der Waals surface area (Å²) in [6.45, 7) is 12.6. The first-order chi connectivity index (χ1) is 10.2. The van der Waals surface area contributed by atoms with Crippen LogP contribution in [0.3, 0.4) is 0 Å². The van der Waals surface area contributed by atoms with E-state index in [0.29, 0.717) is 16.7 Å². The minimum Gasteiger partial charge on any atom is -0.597 e. The van der Waals surface area contributed by atoms with Crippen molar-refractivity contribution in [3.8, 4) is 0 Å². The summed E-state index contributed by atoms with van der Waals surface area (Å²) in [5.74, 6) is 0. The van der Waals surface area contributed by atoms with Crippen LogP contribution in [0, 0.1) is 0 Å². The summed E-state index contributed by atoms with van der Waals surface area (Å²) >= 11 is -1.33. The first-order valence-corrected chi connectivity index (χ1v) is 8.38. The molecule has 1 unspecified atom stereocenters. The Morgan fingerprint density at radius 3 is 2.13 bits per heavy atom. The predicted molar refractivity (Wildman–Crippen MR) is 90.2 cm³/mol. The molecule has 2 atom stereocenters. The van der Waals surface area contributed by atoms with Crippen LogP contribution in [0.15, 0.2) is 24.8 Å². The lowest BCUT2D eigenvalue weighted by molar-refractivity contribution is -0.137. The predicted octanol–water partition coefficient (Wildman–Crippen LogP) is 5.19. The second-order valence-corrected chi connectivity index (χ2v) is 9.00. The van der Waals surface area contributed by atoms with Gasteiger partial charge in [-0.05, 0) is 63.9 Å². The number of rotatable bonds is 4. The Morgan fingerprint density at radius 2 is 1.74 bits per heavy atom. The summed E-state index contributed by atoms with van der Waals surface area (Å²) in [6.07, 6.45) is -4.43. The molecule has 0 saturated carbocycles. The molecular weight excluding hydrogens is 323 g/mol. The molecule has 6 heteroatoms. The van der Waals surface area contributed by atoms with E-state index in [2.05, 4.69) is 6.58 Å². The maximum atomic E-state index is 13.1. The fourth-order valence-corrected chi connectivity index (χ4v) is 3.36. The number of halogens is 3. The van der Waals surface area contributed by atoms with Gasteiger partial charge in [-0.3, -0.25) is 0 Å². The van der Waals surface area contributed by atoms with E-state index in [1.165, 1.54) is 0 Å². The zero-order chi connectivity index (χ0) is 18.2. The topological polar surface area (TPSA) is 26.3 Å². The number of alkyl halides is 3. The van der Waals surface area contributed by atoms with Crippen molar-refractivity contribution >= 4 is 16.9 Å². The molecule has 0 N–H and O–H groups in total. The molecule has 0 aliphatic heterocycles. The Hall–Kier alpha value is -0.980. The molecule has 0 radical (unpaired) electrons. The van der Waals surface area contributed by atoms with Gasteiger partial charge in [0.2, 0.25) is 0 Å². The van der Waals surface area contributed by atoms with Crippen LogP contribution in [0.4, 0.5) is 13.2 Å². The summed E-state index contributed by atoms with van der Waals surface area (Å²) in [5, 5.41) is 0. The van der Waals surface area contributed by atoms with Crippen LogP contribution >= 0.6 is 0 Å². The molecule has 0 saturated heterocycles. The van der Waals surface area contributed by atoms with Gasteiger partial charge in [0.15, 0.2) is 0 Å². The first-order valence-electron chi connectivity index (χ1n) is 7.28. The Balaban J connectivity index is 3.30. The maximum Gasteiger partial charge on any atom is 0.416 e. The lowest BCUT2D eigenvalue weighted by Gasteiger charge is -2.34. The highest BCUT2D eigenvalue weighted by molar-refractivity contribution is 7.90. The van der Waals surface area contributed by atoms with E-state index in [1.54, 1.807) is 31.3 Å². The Kier molecular flexibility index (Phi) is 5.99. The third kappa shape index (κ3) is 4.99. The van der Waals surface area contributed by atoms with Gasteiger partial charge >= 0.3 is 6.18 Å². The molecule has 0 heterocycles. The maximum absolute atomic E-state index is 13.1. The highest BCUT2D eigenvalue weighted by Gasteiger charge is 2.36. The van der Waals surface area contributed by atoms with Crippen molar-refractivity contribution in [1.82, 2.24) is 4.31 Å². The molecule has 1 aromatic carbocycles. The van der Waals surface area contributed by atoms with Crippen molar-refractivity contribution in [2.75, 3.05) is 7.05 Å². The molecule has 130 valence electrons. The molecule has 0 aromatic heterocycles. The van der Waals surface area contributed by atoms with Gasteiger partial charge in [-0.15, -0.1) is 4.31 Å². The Bertz CT molecular complexity index is 578. The van der Waals surface area contributed by atoms with Gasteiger partial charge in [-0.1, -0.05) is 12.2 Å². The Morgan fingerprint density at radius 1 is 1.22 bits per heavy atom. The molecule has 0 amide bonds. The summed E-state index contributed by atoms with van der Waals surface area (Å²) in [5.41, 5.74) is 0.758. The zero-order valence-electron chi connectivity index (χ0n) is 14.4. The van der Waals surface area contributed by atoms with Gasteiger partial charge in [0.25, 0.3) is 0 Å². The van der Waals surface area contributed by atoms with Crippen molar-refractivity contribution in [2.24, 2.45) is 0 Å². The van der Waals surface area contributed by atoms with Crippen LogP contribution in [0.25, 0.3) is 5.57 Å². The summed E-state index contributed by atoms with van der Waals surface area (Å²) < 4.78 is 52.9. The van der Waals surface area contributed by atoms with Gasteiger partial charge < -0.3 is 4.55 Å². The van der Waals surface area contributed by atoms with Crippen LogP contribution in [0.2, 0.25) is 0 Å². The highest BCUT2D eigenvalue weighted by atomic mass is 32.2. The number of hydrogen-bond acceptors (Lipinski definition) is 2. The molecule has 1 rings (SSSR count).